The largest absolute Gasteiger partial charge is 0.492 e. The number of ether oxygens (including phenoxy) is 1. The van der Waals surface area contributed by atoms with Gasteiger partial charge in [0.15, 0.2) is 0 Å². The van der Waals surface area contributed by atoms with Gasteiger partial charge in [0.25, 0.3) is 0 Å². The van der Waals surface area contributed by atoms with E-state index in [2.05, 4.69) is 4.90 Å². The Kier molecular flexibility index (Phi) is 5.56. The summed E-state index contributed by atoms with van der Waals surface area (Å²) in [5.74, 6) is 0.241. The van der Waals surface area contributed by atoms with Crippen LogP contribution in [-0.4, -0.2) is 41.8 Å². The van der Waals surface area contributed by atoms with Crippen molar-refractivity contribution in [3.63, 3.8) is 0 Å². The molecule has 1 N–H and O–H groups in total. The van der Waals surface area contributed by atoms with Crippen molar-refractivity contribution >= 4 is 0 Å². The predicted octanol–water partition coefficient (Wildman–Crippen LogP) is 2.30. The number of hydrogen-bond acceptors (Lipinski definition) is 3. The molecule has 0 amide bonds. The lowest BCUT2D eigenvalue weighted by Gasteiger charge is -2.27. The highest BCUT2D eigenvalue weighted by atomic mass is 19.1. The molecule has 0 radical (unpaired) electrons. The van der Waals surface area contributed by atoms with Crippen LogP contribution in [0, 0.1) is 5.82 Å². The molecule has 1 rings (SSSR count). The van der Waals surface area contributed by atoms with Crippen LogP contribution in [0.1, 0.15) is 20.8 Å². The zero-order chi connectivity index (χ0) is 13.6. The number of aliphatic hydroxyl groups is 1. The van der Waals surface area contributed by atoms with Crippen LogP contribution in [0.4, 0.5) is 4.39 Å². The smallest absolute Gasteiger partial charge is 0.126 e. The molecule has 4 heteroatoms. The monoisotopic (exact) mass is 255 g/mol. The maximum absolute atomic E-state index is 12.9. The Morgan fingerprint density at radius 2 is 2.11 bits per heavy atom. The minimum Gasteiger partial charge on any atom is -0.492 e. The van der Waals surface area contributed by atoms with E-state index in [1.165, 1.54) is 12.1 Å². The first-order chi connectivity index (χ1) is 8.40. The number of benzene rings is 1. The molecule has 0 atom stereocenters. The molecule has 0 saturated heterocycles. The molecule has 1 aromatic carbocycles. The van der Waals surface area contributed by atoms with Crippen molar-refractivity contribution in [2.75, 3.05) is 26.2 Å². The maximum atomic E-state index is 12.9. The summed E-state index contributed by atoms with van der Waals surface area (Å²) in [5.41, 5.74) is -0.713. The number of likely N-dealkylation sites (N-methyl/N-ethyl adjacent to an activating group) is 1. The average molecular weight is 255 g/mol. The average Bonchev–Trinajstić information content (AvgIpc) is 2.26. The third-order valence-corrected chi connectivity index (χ3v) is 2.53. The molecule has 0 fully saturated rings. The summed E-state index contributed by atoms with van der Waals surface area (Å²) in [6.45, 7) is 8.22. The van der Waals surface area contributed by atoms with Crippen molar-refractivity contribution in [2.24, 2.45) is 0 Å². The summed E-state index contributed by atoms with van der Waals surface area (Å²) in [6.07, 6.45) is 0. The summed E-state index contributed by atoms with van der Waals surface area (Å²) in [5, 5.41) is 9.74. The zero-order valence-corrected chi connectivity index (χ0v) is 11.3. The van der Waals surface area contributed by atoms with Crippen LogP contribution in [0.5, 0.6) is 5.75 Å². The lowest BCUT2D eigenvalue weighted by molar-refractivity contribution is 0.0340. The van der Waals surface area contributed by atoms with Gasteiger partial charge in [0, 0.05) is 19.2 Å². The predicted molar refractivity (Wildman–Crippen MR) is 70.3 cm³/mol. The minimum atomic E-state index is -0.713. The van der Waals surface area contributed by atoms with E-state index >= 15 is 0 Å². The van der Waals surface area contributed by atoms with Gasteiger partial charge in [0.05, 0.1) is 5.60 Å². The lowest BCUT2D eigenvalue weighted by atomic mass is 10.1. The van der Waals surface area contributed by atoms with E-state index in [4.69, 9.17) is 4.74 Å². The molecule has 3 nitrogen and oxygen atoms in total. The van der Waals surface area contributed by atoms with E-state index in [1.54, 1.807) is 26.0 Å². The lowest BCUT2D eigenvalue weighted by Crippen LogP contribution is -2.40. The van der Waals surface area contributed by atoms with Crippen LogP contribution < -0.4 is 4.74 Å². The zero-order valence-electron chi connectivity index (χ0n) is 11.3. The van der Waals surface area contributed by atoms with Crippen LogP contribution in [0.25, 0.3) is 0 Å². The Morgan fingerprint density at radius 3 is 2.67 bits per heavy atom. The van der Waals surface area contributed by atoms with E-state index in [0.29, 0.717) is 25.4 Å². The number of hydrogen-bond donors (Lipinski definition) is 1. The molecule has 0 heterocycles. The summed E-state index contributed by atoms with van der Waals surface area (Å²) in [6, 6.07) is 6.11. The normalized spacial score (nSPS) is 11.9. The molecular formula is C14H22FNO2. The van der Waals surface area contributed by atoms with Crippen LogP contribution in [0.2, 0.25) is 0 Å². The molecule has 0 aliphatic heterocycles. The fourth-order valence-corrected chi connectivity index (χ4v) is 1.75. The van der Waals surface area contributed by atoms with Gasteiger partial charge in [-0.25, -0.2) is 4.39 Å². The molecule has 0 spiro atoms. The van der Waals surface area contributed by atoms with Gasteiger partial charge in [-0.15, -0.1) is 0 Å². The van der Waals surface area contributed by atoms with Gasteiger partial charge < -0.3 is 9.84 Å². The highest BCUT2D eigenvalue weighted by Gasteiger charge is 2.16. The van der Waals surface area contributed by atoms with Crippen LogP contribution >= 0.6 is 0 Å². The summed E-state index contributed by atoms with van der Waals surface area (Å²) in [7, 11) is 0. The highest BCUT2D eigenvalue weighted by molar-refractivity contribution is 5.22. The molecule has 0 saturated carbocycles. The van der Waals surface area contributed by atoms with Crippen LogP contribution in [-0.2, 0) is 0 Å². The molecule has 0 unspecified atom stereocenters. The quantitative estimate of drug-likeness (QED) is 0.811. The second-order valence-corrected chi connectivity index (χ2v) is 4.99. The number of nitrogens with zero attached hydrogens (tertiary/aromatic N) is 1. The fraction of sp³-hybridized carbons (Fsp3) is 0.571. The van der Waals surface area contributed by atoms with Gasteiger partial charge in [0.2, 0.25) is 0 Å². The third kappa shape index (κ3) is 5.98. The standard InChI is InChI=1S/C14H22FNO2/c1-4-16(11-14(2,3)17)8-9-18-13-7-5-6-12(15)10-13/h5-7,10,17H,4,8-9,11H2,1-3H3. The van der Waals surface area contributed by atoms with E-state index < -0.39 is 5.60 Å². The molecule has 102 valence electrons. The van der Waals surface area contributed by atoms with Crippen molar-refractivity contribution in [1.82, 2.24) is 4.90 Å². The Labute approximate surface area is 108 Å². The second-order valence-electron chi connectivity index (χ2n) is 4.99. The maximum Gasteiger partial charge on any atom is 0.126 e. The Hall–Kier alpha value is -1.13. The van der Waals surface area contributed by atoms with Gasteiger partial charge >= 0.3 is 0 Å². The van der Waals surface area contributed by atoms with Crippen molar-refractivity contribution in [3.05, 3.63) is 30.1 Å². The van der Waals surface area contributed by atoms with Gasteiger partial charge in [-0.2, -0.15) is 0 Å². The Morgan fingerprint density at radius 1 is 1.39 bits per heavy atom. The summed E-state index contributed by atoms with van der Waals surface area (Å²) < 4.78 is 18.4. The topological polar surface area (TPSA) is 32.7 Å². The molecule has 1 aromatic rings. The first-order valence-electron chi connectivity index (χ1n) is 6.24. The van der Waals surface area contributed by atoms with E-state index in [1.807, 2.05) is 6.92 Å². The summed E-state index contributed by atoms with van der Waals surface area (Å²) >= 11 is 0. The SMILES string of the molecule is CCN(CCOc1cccc(F)c1)CC(C)(C)O. The van der Waals surface area contributed by atoms with Crippen molar-refractivity contribution in [3.8, 4) is 5.75 Å². The Balaban J connectivity index is 2.35. The van der Waals surface area contributed by atoms with Gasteiger partial charge in [-0.1, -0.05) is 13.0 Å². The minimum absolute atomic E-state index is 0.295. The van der Waals surface area contributed by atoms with Crippen molar-refractivity contribution < 1.29 is 14.2 Å². The molecule has 0 aliphatic rings. The van der Waals surface area contributed by atoms with Gasteiger partial charge in [-0.05, 0) is 32.5 Å². The third-order valence-electron chi connectivity index (χ3n) is 2.53. The van der Waals surface area contributed by atoms with E-state index in [9.17, 15) is 9.50 Å². The van der Waals surface area contributed by atoms with E-state index in [0.717, 1.165) is 6.54 Å². The van der Waals surface area contributed by atoms with Crippen molar-refractivity contribution in [2.45, 2.75) is 26.4 Å². The molecule has 18 heavy (non-hydrogen) atoms. The van der Waals surface area contributed by atoms with Crippen molar-refractivity contribution in [1.29, 1.82) is 0 Å². The van der Waals surface area contributed by atoms with Gasteiger partial charge in [0.1, 0.15) is 18.2 Å². The van der Waals surface area contributed by atoms with Crippen LogP contribution in [0.3, 0.4) is 0 Å². The van der Waals surface area contributed by atoms with Crippen LogP contribution in [0.15, 0.2) is 24.3 Å². The molecular weight excluding hydrogens is 233 g/mol. The fourth-order valence-electron chi connectivity index (χ4n) is 1.75. The first-order valence-corrected chi connectivity index (χ1v) is 6.24. The number of rotatable bonds is 7. The van der Waals surface area contributed by atoms with E-state index in [-0.39, 0.29) is 5.82 Å². The first kappa shape index (κ1) is 14.9. The second kappa shape index (κ2) is 6.71. The molecule has 0 aromatic heterocycles. The highest BCUT2D eigenvalue weighted by Crippen LogP contribution is 2.12. The Bertz CT molecular complexity index is 363. The number of halogens is 1. The summed E-state index contributed by atoms with van der Waals surface area (Å²) in [4.78, 5) is 2.10. The molecule has 0 aliphatic carbocycles. The molecule has 0 bridgehead atoms. The van der Waals surface area contributed by atoms with Gasteiger partial charge in [-0.3, -0.25) is 4.90 Å².